The number of aromatic nitrogens is 3. The summed E-state index contributed by atoms with van der Waals surface area (Å²) < 4.78 is 1.84. The fraction of sp³-hybridized carbons (Fsp3) is 0.714. The van der Waals surface area contributed by atoms with E-state index in [1.807, 2.05) is 10.9 Å². The van der Waals surface area contributed by atoms with E-state index in [1.54, 1.807) is 0 Å². The first-order chi connectivity index (χ1) is 5.88. The molecule has 1 aliphatic carbocycles. The van der Waals surface area contributed by atoms with Crippen molar-refractivity contribution >= 4 is 0 Å². The molecule has 2 N–H and O–H groups in total. The fourth-order valence-electron chi connectivity index (χ4n) is 1.15. The van der Waals surface area contributed by atoms with E-state index in [0.717, 1.165) is 18.2 Å². The summed E-state index contributed by atoms with van der Waals surface area (Å²) in [6.45, 7) is 1.34. The van der Waals surface area contributed by atoms with Gasteiger partial charge in [-0.2, -0.15) is 5.48 Å². The summed E-state index contributed by atoms with van der Waals surface area (Å²) in [7, 11) is 0. The van der Waals surface area contributed by atoms with E-state index in [-0.39, 0.29) is 0 Å². The molecule has 1 aromatic rings. The van der Waals surface area contributed by atoms with Crippen LogP contribution in [0.3, 0.4) is 0 Å². The predicted octanol–water partition coefficient (Wildman–Crippen LogP) is 0.167. The van der Waals surface area contributed by atoms with Gasteiger partial charge in [0.25, 0.3) is 0 Å². The third kappa shape index (κ3) is 1.80. The highest BCUT2D eigenvalue weighted by Gasteiger charge is 2.22. The largest absolute Gasteiger partial charge is 0.316 e. The van der Waals surface area contributed by atoms with Gasteiger partial charge < -0.3 is 5.21 Å². The molecule has 66 valence electrons. The summed E-state index contributed by atoms with van der Waals surface area (Å²) >= 11 is 0. The van der Waals surface area contributed by atoms with E-state index in [4.69, 9.17) is 5.21 Å². The second-order valence-corrected chi connectivity index (χ2v) is 3.21. The van der Waals surface area contributed by atoms with Crippen LogP contribution in [0.5, 0.6) is 0 Å². The van der Waals surface area contributed by atoms with Crippen molar-refractivity contribution in [3.8, 4) is 0 Å². The molecule has 5 nitrogen and oxygen atoms in total. The zero-order valence-corrected chi connectivity index (χ0v) is 6.77. The Morgan fingerprint density at radius 2 is 2.50 bits per heavy atom. The van der Waals surface area contributed by atoms with Gasteiger partial charge in [-0.1, -0.05) is 5.21 Å². The van der Waals surface area contributed by atoms with Crippen LogP contribution < -0.4 is 5.48 Å². The Morgan fingerprint density at radius 1 is 1.67 bits per heavy atom. The summed E-state index contributed by atoms with van der Waals surface area (Å²) in [4.78, 5) is 0. The van der Waals surface area contributed by atoms with Crippen molar-refractivity contribution in [2.24, 2.45) is 5.92 Å². The maximum Gasteiger partial charge on any atom is 0.0988 e. The lowest BCUT2D eigenvalue weighted by Gasteiger charge is -1.94. The number of hydrogen-bond donors (Lipinski definition) is 2. The maximum absolute atomic E-state index is 8.40. The molecule has 5 heteroatoms. The molecular weight excluding hydrogens is 156 g/mol. The normalized spacial score (nSPS) is 16.8. The van der Waals surface area contributed by atoms with Crippen LogP contribution in [0.4, 0.5) is 0 Å². The molecule has 1 aromatic heterocycles. The zero-order chi connectivity index (χ0) is 8.39. The van der Waals surface area contributed by atoms with Gasteiger partial charge in [0.15, 0.2) is 0 Å². The Hall–Kier alpha value is -0.940. The molecule has 0 bridgehead atoms. The molecule has 1 heterocycles. The second-order valence-electron chi connectivity index (χ2n) is 3.21. The Bertz CT molecular complexity index is 256. The number of nitrogens with zero attached hydrogens (tertiary/aromatic N) is 3. The molecule has 0 amide bonds. The molecule has 0 atom stereocenters. The molecule has 12 heavy (non-hydrogen) atoms. The molecule has 0 radical (unpaired) electrons. The van der Waals surface area contributed by atoms with Crippen LogP contribution in [-0.4, -0.2) is 20.2 Å². The topological polar surface area (TPSA) is 63.0 Å². The van der Waals surface area contributed by atoms with Crippen molar-refractivity contribution in [1.29, 1.82) is 0 Å². The van der Waals surface area contributed by atoms with Gasteiger partial charge in [0.1, 0.15) is 0 Å². The van der Waals surface area contributed by atoms with Gasteiger partial charge in [0.2, 0.25) is 0 Å². The first kappa shape index (κ1) is 7.70. The molecule has 1 fully saturated rings. The lowest BCUT2D eigenvalue weighted by Crippen LogP contribution is -2.06. The minimum atomic E-state index is 0.366. The monoisotopic (exact) mass is 168 g/mol. The fourth-order valence-corrected chi connectivity index (χ4v) is 1.15. The number of rotatable bonds is 4. The van der Waals surface area contributed by atoms with Crippen LogP contribution >= 0.6 is 0 Å². The Kier molecular flexibility index (Phi) is 2.05. The van der Waals surface area contributed by atoms with E-state index in [1.165, 1.54) is 12.8 Å². The van der Waals surface area contributed by atoms with Crippen molar-refractivity contribution in [3.05, 3.63) is 11.9 Å². The van der Waals surface area contributed by atoms with E-state index < -0.39 is 0 Å². The highest BCUT2D eigenvalue weighted by molar-refractivity contribution is 4.91. The molecule has 0 saturated heterocycles. The lowest BCUT2D eigenvalue weighted by molar-refractivity contribution is 0.160. The predicted molar refractivity (Wildman–Crippen MR) is 41.4 cm³/mol. The van der Waals surface area contributed by atoms with E-state index in [9.17, 15) is 0 Å². The molecule has 0 aromatic carbocycles. The van der Waals surface area contributed by atoms with Gasteiger partial charge in [-0.05, 0) is 18.8 Å². The molecular formula is C7H12N4O. The van der Waals surface area contributed by atoms with Crippen molar-refractivity contribution in [2.75, 3.05) is 0 Å². The van der Waals surface area contributed by atoms with Crippen molar-refractivity contribution < 1.29 is 5.21 Å². The Morgan fingerprint density at radius 3 is 3.17 bits per heavy atom. The number of hydrogen-bond acceptors (Lipinski definition) is 4. The average Bonchev–Trinajstić information content (AvgIpc) is 2.74. The average molecular weight is 168 g/mol. The maximum atomic E-state index is 8.40. The Labute approximate surface area is 70.3 Å². The van der Waals surface area contributed by atoms with Crippen LogP contribution in [0.1, 0.15) is 18.5 Å². The summed E-state index contributed by atoms with van der Waals surface area (Å²) in [5.41, 5.74) is 2.83. The highest BCUT2D eigenvalue weighted by atomic mass is 16.5. The third-order valence-electron chi connectivity index (χ3n) is 1.99. The third-order valence-corrected chi connectivity index (χ3v) is 1.99. The first-order valence-corrected chi connectivity index (χ1v) is 4.14. The minimum Gasteiger partial charge on any atom is -0.316 e. The molecule has 0 aliphatic heterocycles. The molecule has 2 rings (SSSR count). The van der Waals surface area contributed by atoms with E-state index in [2.05, 4.69) is 15.8 Å². The standard InChI is InChI=1S/C7H12N4O/c12-8-3-7-5-11(10-9-7)4-6-1-2-6/h5-6,8,12H,1-4H2. The molecule has 0 unspecified atom stereocenters. The summed E-state index contributed by atoms with van der Waals surface area (Å²) in [5.74, 6) is 0.807. The van der Waals surface area contributed by atoms with Crippen molar-refractivity contribution in [3.63, 3.8) is 0 Å². The molecule has 1 saturated carbocycles. The summed E-state index contributed by atoms with van der Waals surface area (Å²) in [6.07, 6.45) is 4.49. The summed E-state index contributed by atoms with van der Waals surface area (Å²) in [6, 6.07) is 0. The smallest absolute Gasteiger partial charge is 0.0988 e. The van der Waals surface area contributed by atoms with Crippen LogP contribution in [0.15, 0.2) is 6.20 Å². The van der Waals surface area contributed by atoms with Gasteiger partial charge in [0, 0.05) is 12.7 Å². The van der Waals surface area contributed by atoms with Crippen LogP contribution in [0.2, 0.25) is 0 Å². The van der Waals surface area contributed by atoms with Gasteiger partial charge in [0.05, 0.1) is 12.2 Å². The summed E-state index contributed by atoms with van der Waals surface area (Å²) in [5, 5.41) is 16.2. The van der Waals surface area contributed by atoms with E-state index in [0.29, 0.717) is 6.54 Å². The lowest BCUT2D eigenvalue weighted by atomic mass is 10.4. The first-order valence-electron chi connectivity index (χ1n) is 4.14. The molecule has 0 spiro atoms. The second kappa shape index (κ2) is 3.20. The quantitative estimate of drug-likeness (QED) is 0.629. The molecule has 1 aliphatic rings. The van der Waals surface area contributed by atoms with E-state index >= 15 is 0 Å². The van der Waals surface area contributed by atoms with Gasteiger partial charge in [-0.3, -0.25) is 4.68 Å². The van der Waals surface area contributed by atoms with Crippen LogP contribution in [0, 0.1) is 5.92 Å². The minimum absolute atomic E-state index is 0.366. The number of nitrogens with one attached hydrogen (secondary N) is 1. The van der Waals surface area contributed by atoms with Crippen LogP contribution in [0.25, 0.3) is 0 Å². The van der Waals surface area contributed by atoms with Gasteiger partial charge >= 0.3 is 0 Å². The SMILES string of the molecule is ONCc1cn(CC2CC2)nn1. The van der Waals surface area contributed by atoms with Crippen LogP contribution in [-0.2, 0) is 13.1 Å². The van der Waals surface area contributed by atoms with Crippen molar-refractivity contribution in [2.45, 2.75) is 25.9 Å². The Balaban J connectivity index is 1.92. The van der Waals surface area contributed by atoms with Gasteiger partial charge in [-0.15, -0.1) is 5.10 Å². The van der Waals surface area contributed by atoms with Crippen molar-refractivity contribution in [1.82, 2.24) is 20.5 Å². The number of hydroxylamine groups is 1. The highest BCUT2D eigenvalue weighted by Crippen LogP contribution is 2.30. The zero-order valence-electron chi connectivity index (χ0n) is 6.77. The van der Waals surface area contributed by atoms with Gasteiger partial charge in [-0.25, -0.2) is 0 Å².